The molecule has 0 bridgehead atoms. The summed E-state index contributed by atoms with van der Waals surface area (Å²) in [6.07, 6.45) is 1.45. The maximum absolute atomic E-state index is 12.3. The molecule has 1 atom stereocenters. The number of halogens is 1. The minimum absolute atomic E-state index is 0.151. The normalized spacial score (nSPS) is 11.7. The summed E-state index contributed by atoms with van der Waals surface area (Å²) in [6.45, 7) is 10.4. The summed E-state index contributed by atoms with van der Waals surface area (Å²) in [6, 6.07) is 13.0. The van der Waals surface area contributed by atoms with Gasteiger partial charge in [0.1, 0.15) is 5.75 Å². The maximum atomic E-state index is 12.3. The zero-order valence-electron chi connectivity index (χ0n) is 17.8. The van der Waals surface area contributed by atoms with Gasteiger partial charge in [0.2, 0.25) is 5.91 Å². The van der Waals surface area contributed by atoms with Gasteiger partial charge in [0.05, 0.1) is 5.75 Å². The van der Waals surface area contributed by atoms with Crippen molar-refractivity contribution in [3.8, 4) is 5.75 Å². The van der Waals surface area contributed by atoms with E-state index < -0.39 is 0 Å². The summed E-state index contributed by atoms with van der Waals surface area (Å²) >= 11 is 7.28. The number of rotatable bonds is 9. The monoisotopic (exact) mass is 456 g/mol. The Morgan fingerprint density at radius 1 is 1.29 bits per heavy atom. The Hall–Kier alpha value is -2.77. The lowest BCUT2D eigenvalue weighted by Gasteiger charge is -2.18. The molecule has 1 aromatic heterocycles. The van der Waals surface area contributed by atoms with E-state index in [1.165, 1.54) is 17.3 Å². The van der Waals surface area contributed by atoms with Gasteiger partial charge in [0.25, 0.3) is 0 Å². The highest BCUT2D eigenvalue weighted by atomic mass is 35.5. The Morgan fingerprint density at radius 2 is 2.06 bits per heavy atom. The number of nitrogens with zero attached hydrogens (tertiary/aromatic N) is 3. The fourth-order valence-electron chi connectivity index (χ4n) is 3.00. The number of hydrogen-bond donors (Lipinski definition) is 1. The number of allylic oxidation sites excluding steroid dienone is 1. The number of aryl methyl sites for hydroxylation is 1. The second-order valence-electron chi connectivity index (χ2n) is 7.05. The van der Waals surface area contributed by atoms with E-state index in [1.807, 2.05) is 30.5 Å². The smallest absolute Gasteiger partial charge is 0.234 e. The molecule has 162 valence electrons. The van der Waals surface area contributed by atoms with Crippen LogP contribution in [-0.2, 0) is 11.3 Å². The van der Waals surface area contributed by atoms with Crippen LogP contribution in [-0.4, -0.2) is 26.4 Å². The average Bonchev–Trinajstić information content (AvgIpc) is 3.13. The van der Waals surface area contributed by atoms with Crippen molar-refractivity contribution in [1.82, 2.24) is 14.8 Å². The van der Waals surface area contributed by atoms with Crippen LogP contribution >= 0.6 is 23.4 Å². The molecular formula is C23H25ClN4O2S. The van der Waals surface area contributed by atoms with E-state index in [2.05, 4.69) is 35.1 Å². The first-order chi connectivity index (χ1) is 14.9. The minimum Gasteiger partial charge on any atom is -0.482 e. The lowest BCUT2D eigenvalue weighted by Crippen LogP contribution is -2.15. The van der Waals surface area contributed by atoms with E-state index in [1.54, 1.807) is 30.3 Å². The summed E-state index contributed by atoms with van der Waals surface area (Å²) in [5.41, 5.74) is 2.91. The first-order valence-electron chi connectivity index (χ1n) is 9.84. The quantitative estimate of drug-likeness (QED) is 0.335. The molecule has 1 unspecified atom stereocenters. The van der Waals surface area contributed by atoms with Gasteiger partial charge in [-0.15, -0.1) is 16.8 Å². The third-order valence-corrected chi connectivity index (χ3v) is 5.92. The standard InChI is InChI=1S/C23H25ClN4O2S/c1-5-12-28-22(17(4)30-20-11-6-8-15(2)16(20)3)26-27-23(28)31-14-21(29)25-19-10-7-9-18(24)13-19/h5-11,13,17H,1,12,14H2,2-4H3,(H,25,29). The van der Waals surface area contributed by atoms with Gasteiger partial charge in [0.15, 0.2) is 17.1 Å². The van der Waals surface area contributed by atoms with Gasteiger partial charge in [-0.2, -0.15) is 0 Å². The summed E-state index contributed by atoms with van der Waals surface area (Å²) in [5.74, 6) is 1.53. The fourth-order valence-corrected chi connectivity index (χ4v) is 3.94. The molecule has 1 heterocycles. The van der Waals surface area contributed by atoms with Crippen LogP contribution in [0.15, 0.2) is 60.3 Å². The molecule has 3 rings (SSSR count). The van der Waals surface area contributed by atoms with Gasteiger partial charge in [-0.25, -0.2) is 0 Å². The average molecular weight is 457 g/mol. The molecule has 0 fully saturated rings. The molecule has 2 aromatic carbocycles. The van der Waals surface area contributed by atoms with Crippen LogP contribution < -0.4 is 10.1 Å². The second-order valence-corrected chi connectivity index (χ2v) is 8.42. The van der Waals surface area contributed by atoms with Gasteiger partial charge < -0.3 is 10.1 Å². The molecule has 0 aliphatic heterocycles. The van der Waals surface area contributed by atoms with Crippen molar-refractivity contribution >= 4 is 35.0 Å². The van der Waals surface area contributed by atoms with Gasteiger partial charge in [-0.3, -0.25) is 9.36 Å². The van der Waals surface area contributed by atoms with Crippen LogP contribution in [0.3, 0.4) is 0 Å². The number of aromatic nitrogens is 3. The largest absolute Gasteiger partial charge is 0.482 e. The molecule has 1 N–H and O–H groups in total. The number of anilines is 1. The van der Waals surface area contributed by atoms with Crippen molar-refractivity contribution in [2.45, 2.75) is 38.6 Å². The van der Waals surface area contributed by atoms with Gasteiger partial charge in [0, 0.05) is 17.3 Å². The first kappa shape index (κ1) is 22.9. The van der Waals surface area contributed by atoms with E-state index in [-0.39, 0.29) is 17.8 Å². The molecule has 1 amide bonds. The van der Waals surface area contributed by atoms with Crippen LogP contribution in [0, 0.1) is 13.8 Å². The van der Waals surface area contributed by atoms with E-state index in [9.17, 15) is 4.79 Å². The molecule has 6 nitrogen and oxygen atoms in total. The van der Waals surface area contributed by atoms with Crippen molar-refractivity contribution in [2.75, 3.05) is 11.1 Å². The number of ether oxygens (including phenoxy) is 1. The predicted octanol–water partition coefficient (Wildman–Crippen LogP) is 5.61. The fraction of sp³-hybridized carbons (Fsp3) is 0.261. The number of carbonyl (C=O) groups excluding carboxylic acids is 1. The molecule has 0 saturated heterocycles. The van der Waals surface area contributed by atoms with E-state index in [0.29, 0.717) is 28.2 Å². The topological polar surface area (TPSA) is 69.0 Å². The molecule has 31 heavy (non-hydrogen) atoms. The third-order valence-electron chi connectivity index (χ3n) is 4.72. The minimum atomic E-state index is -0.317. The summed E-state index contributed by atoms with van der Waals surface area (Å²) in [5, 5.41) is 12.6. The zero-order valence-corrected chi connectivity index (χ0v) is 19.3. The van der Waals surface area contributed by atoms with E-state index in [0.717, 1.165) is 11.3 Å². The SMILES string of the molecule is C=CCn1c(SCC(=O)Nc2cccc(Cl)c2)nnc1C(C)Oc1cccc(C)c1C. The highest BCUT2D eigenvalue weighted by Crippen LogP contribution is 2.28. The number of amides is 1. The van der Waals surface area contributed by atoms with Crippen molar-refractivity contribution in [2.24, 2.45) is 0 Å². The Kier molecular flexibility index (Phi) is 7.76. The second kappa shape index (κ2) is 10.5. The van der Waals surface area contributed by atoms with Crippen LogP contribution in [0.2, 0.25) is 5.02 Å². The highest BCUT2D eigenvalue weighted by molar-refractivity contribution is 7.99. The molecule has 0 spiro atoms. The van der Waals surface area contributed by atoms with Crippen LogP contribution in [0.4, 0.5) is 5.69 Å². The van der Waals surface area contributed by atoms with Crippen molar-refractivity contribution < 1.29 is 9.53 Å². The van der Waals surface area contributed by atoms with E-state index in [4.69, 9.17) is 16.3 Å². The summed E-state index contributed by atoms with van der Waals surface area (Å²) in [4.78, 5) is 12.3. The molecular weight excluding hydrogens is 432 g/mol. The predicted molar refractivity (Wildman–Crippen MR) is 126 cm³/mol. The lowest BCUT2D eigenvalue weighted by molar-refractivity contribution is -0.113. The third kappa shape index (κ3) is 5.89. The van der Waals surface area contributed by atoms with Crippen molar-refractivity contribution in [3.63, 3.8) is 0 Å². The van der Waals surface area contributed by atoms with Crippen LogP contribution in [0.25, 0.3) is 0 Å². The Balaban J connectivity index is 1.70. The lowest BCUT2D eigenvalue weighted by atomic mass is 10.1. The zero-order chi connectivity index (χ0) is 22.4. The van der Waals surface area contributed by atoms with Crippen LogP contribution in [0.1, 0.15) is 30.0 Å². The Morgan fingerprint density at radius 3 is 2.81 bits per heavy atom. The van der Waals surface area contributed by atoms with Gasteiger partial charge >= 0.3 is 0 Å². The first-order valence-corrected chi connectivity index (χ1v) is 11.2. The number of hydrogen-bond acceptors (Lipinski definition) is 5. The van der Waals surface area contributed by atoms with Crippen LogP contribution in [0.5, 0.6) is 5.75 Å². The Bertz CT molecular complexity index is 1080. The summed E-state index contributed by atoms with van der Waals surface area (Å²) in [7, 11) is 0. The van der Waals surface area contributed by atoms with E-state index >= 15 is 0 Å². The highest BCUT2D eigenvalue weighted by Gasteiger charge is 2.20. The number of nitrogens with one attached hydrogen (secondary N) is 1. The molecule has 0 aliphatic carbocycles. The number of benzene rings is 2. The number of carbonyl (C=O) groups is 1. The molecule has 3 aromatic rings. The molecule has 8 heteroatoms. The summed E-state index contributed by atoms with van der Waals surface area (Å²) < 4.78 is 8.09. The molecule has 0 aliphatic rings. The molecule has 0 radical (unpaired) electrons. The number of thioether (sulfide) groups is 1. The Labute approximate surface area is 191 Å². The van der Waals surface area contributed by atoms with Crippen molar-refractivity contribution in [3.05, 3.63) is 77.1 Å². The van der Waals surface area contributed by atoms with Crippen molar-refractivity contribution in [1.29, 1.82) is 0 Å². The van der Waals surface area contributed by atoms with Gasteiger partial charge in [-0.1, -0.05) is 47.6 Å². The maximum Gasteiger partial charge on any atom is 0.234 e. The van der Waals surface area contributed by atoms with Gasteiger partial charge in [-0.05, 0) is 56.2 Å². The molecule has 0 saturated carbocycles.